The van der Waals surface area contributed by atoms with Gasteiger partial charge in [0.05, 0.1) is 40.7 Å². The van der Waals surface area contributed by atoms with Crippen LogP contribution in [0.15, 0.2) is 65.9 Å². The van der Waals surface area contributed by atoms with E-state index in [2.05, 4.69) is 15.6 Å². The van der Waals surface area contributed by atoms with Crippen molar-refractivity contribution in [2.45, 2.75) is 19.9 Å². The molecule has 1 aromatic heterocycles. The molecule has 0 radical (unpaired) electrons. The smallest absolute Gasteiger partial charge is 0.340 e. The van der Waals surface area contributed by atoms with Crippen LogP contribution in [0.25, 0.3) is 10.9 Å². The average Bonchev–Trinajstić information content (AvgIpc) is 2.82. The van der Waals surface area contributed by atoms with Gasteiger partial charge in [-0.05, 0) is 37.6 Å². The van der Waals surface area contributed by atoms with E-state index in [1.165, 1.54) is 18.2 Å². The van der Waals surface area contributed by atoms with Crippen molar-refractivity contribution in [1.29, 1.82) is 0 Å². The van der Waals surface area contributed by atoms with Gasteiger partial charge in [-0.2, -0.15) is 0 Å². The Morgan fingerprint density at radius 3 is 2.56 bits per heavy atom. The summed E-state index contributed by atoms with van der Waals surface area (Å²) in [5, 5.41) is 5.85. The van der Waals surface area contributed by atoms with Crippen LogP contribution in [-0.2, 0) is 14.3 Å². The lowest BCUT2D eigenvalue weighted by molar-refractivity contribution is -0.139. The molecule has 8 nitrogen and oxygen atoms in total. The molecule has 2 aromatic carbocycles. The Kier molecular flexibility index (Phi) is 6.53. The third kappa shape index (κ3) is 4.73. The highest BCUT2D eigenvalue weighted by Gasteiger charge is 2.34. The molecule has 0 aliphatic carbocycles. The number of amides is 2. The zero-order valence-electron chi connectivity index (χ0n) is 18.6. The summed E-state index contributed by atoms with van der Waals surface area (Å²) >= 11 is 0. The number of halogens is 1. The standard InChI is InChI=1S/C25H22FN3O5/c1-3-33-24(31)21-20(28-25(32)29-22(21)15-7-5-4-6-8-15)13-34-23(30)18-11-16-9-10-17(26)12-19(16)27-14(18)2/h4-12,22H,3,13H2,1-2H3,(H2,28,29,32). The summed E-state index contributed by atoms with van der Waals surface area (Å²) < 4.78 is 24.1. The Balaban J connectivity index is 1.64. The van der Waals surface area contributed by atoms with Crippen molar-refractivity contribution >= 4 is 28.9 Å². The first-order valence-corrected chi connectivity index (χ1v) is 10.6. The molecule has 0 spiro atoms. The first-order chi connectivity index (χ1) is 16.4. The minimum atomic E-state index is -0.776. The van der Waals surface area contributed by atoms with Crippen molar-refractivity contribution in [3.05, 3.63) is 88.5 Å². The summed E-state index contributed by atoms with van der Waals surface area (Å²) in [5.41, 5.74) is 1.90. The quantitative estimate of drug-likeness (QED) is 0.540. The van der Waals surface area contributed by atoms with Gasteiger partial charge in [0.15, 0.2) is 0 Å². The molecule has 34 heavy (non-hydrogen) atoms. The molecule has 2 N–H and O–H groups in total. The highest BCUT2D eigenvalue weighted by Crippen LogP contribution is 2.28. The average molecular weight is 463 g/mol. The number of rotatable bonds is 6. The number of aryl methyl sites for hydroxylation is 1. The Labute approximate surface area is 194 Å². The maximum atomic E-state index is 13.5. The normalized spacial score (nSPS) is 15.5. The number of aromatic nitrogens is 1. The van der Waals surface area contributed by atoms with Crippen LogP contribution < -0.4 is 10.6 Å². The second-order valence-corrected chi connectivity index (χ2v) is 7.59. The number of nitrogens with zero attached hydrogens (tertiary/aromatic N) is 1. The van der Waals surface area contributed by atoms with E-state index in [1.54, 1.807) is 44.2 Å². The monoisotopic (exact) mass is 463 g/mol. The topological polar surface area (TPSA) is 107 Å². The van der Waals surface area contributed by atoms with Gasteiger partial charge in [-0.1, -0.05) is 30.3 Å². The maximum Gasteiger partial charge on any atom is 0.340 e. The number of ether oxygens (including phenoxy) is 2. The number of nitrogens with one attached hydrogen (secondary N) is 2. The first-order valence-electron chi connectivity index (χ1n) is 10.6. The zero-order chi connectivity index (χ0) is 24.2. The van der Waals surface area contributed by atoms with Crippen LogP contribution in [0, 0.1) is 12.7 Å². The second-order valence-electron chi connectivity index (χ2n) is 7.59. The van der Waals surface area contributed by atoms with E-state index in [-0.39, 0.29) is 30.0 Å². The molecule has 3 aromatic rings. The van der Waals surface area contributed by atoms with Gasteiger partial charge in [0.2, 0.25) is 0 Å². The predicted octanol–water partition coefficient (Wildman–Crippen LogP) is 3.71. The molecule has 1 aliphatic heterocycles. The Morgan fingerprint density at radius 1 is 1.06 bits per heavy atom. The first kappa shape index (κ1) is 22.9. The van der Waals surface area contributed by atoms with Crippen molar-refractivity contribution in [2.75, 3.05) is 13.2 Å². The molecule has 2 heterocycles. The molecular weight excluding hydrogens is 441 g/mol. The van der Waals surface area contributed by atoms with Crippen LogP contribution in [0.1, 0.15) is 34.6 Å². The van der Waals surface area contributed by atoms with E-state index in [0.717, 1.165) is 0 Å². The molecule has 0 fully saturated rings. The molecule has 0 saturated heterocycles. The fraction of sp³-hybridized carbons (Fsp3) is 0.200. The van der Waals surface area contributed by atoms with Crippen LogP contribution in [0.3, 0.4) is 0 Å². The van der Waals surface area contributed by atoms with E-state index >= 15 is 0 Å². The summed E-state index contributed by atoms with van der Waals surface area (Å²) in [6, 6.07) is 13.2. The number of fused-ring (bicyclic) bond motifs is 1. The van der Waals surface area contributed by atoms with Crippen molar-refractivity contribution in [3.8, 4) is 0 Å². The van der Waals surface area contributed by atoms with Gasteiger partial charge in [0, 0.05) is 11.5 Å². The van der Waals surface area contributed by atoms with Gasteiger partial charge in [0.25, 0.3) is 0 Å². The van der Waals surface area contributed by atoms with Crippen LogP contribution in [0.4, 0.5) is 9.18 Å². The second kappa shape index (κ2) is 9.70. The van der Waals surface area contributed by atoms with Crippen LogP contribution in [0.5, 0.6) is 0 Å². The summed E-state index contributed by atoms with van der Waals surface area (Å²) in [4.78, 5) is 42.3. The van der Waals surface area contributed by atoms with Gasteiger partial charge in [-0.15, -0.1) is 0 Å². The van der Waals surface area contributed by atoms with Crippen molar-refractivity contribution in [3.63, 3.8) is 0 Å². The molecule has 0 saturated carbocycles. The van der Waals surface area contributed by atoms with E-state index in [4.69, 9.17) is 9.47 Å². The molecule has 2 amide bonds. The molecule has 1 aliphatic rings. The highest BCUT2D eigenvalue weighted by atomic mass is 19.1. The zero-order valence-corrected chi connectivity index (χ0v) is 18.6. The SMILES string of the molecule is CCOC(=O)C1=C(COC(=O)c2cc3ccc(F)cc3nc2C)NC(=O)NC1c1ccccc1. The van der Waals surface area contributed by atoms with Gasteiger partial charge in [-0.25, -0.2) is 18.8 Å². The maximum absolute atomic E-state index is 13.5. The van der Waals surface area contributed by atoms with E-state index < -0.39 is 29.8 Å². The number of benzene rings is 2. The largest absolute Gasteiger partial charge is 0.463 e. The lowest BCUT2D eigenvalue weighted by Crippen LogP contribution is -2.47. The Hall–Kier alpha value is -4.27. The lowest BCUT2D eigenvalue weighted by atomic mass is 9.95. The summed E-state index contributed by atoms with van der Waals surface area (Å²) in [7, 11) is 0. The number of carbonyl (C=O) groups is 3. The number of hydrogen-bond donors (Lipinski definition) is 2. The molecule has 1 unspecified atom stereocenters. The number of pyridine rings is 1. The van der Waals surface area contributed by atoms with E-state index in [0.29, 0.717) is 22.2 Å². The highest BCUT2D eigenvalue weighted by molar-refractivity contribution is 5.97. The van der Waals surface area contributed by atoms with Crippen LogP contribution in [0.2, 0.25) is 0 Å². The Morgan fingerprint density at radius 2 is 1.82 bits per heavy atom. The van der Waals surface area contributed by atoms with Crippen LogP contribution >= 0.6 is 0 Å². The molecular formula is C25H22FN3O5. The fourth-order valence-corrected chi connectivity index (χ4v) is 3.74. The van der Waals surface area contributed by atoms with Crippen molar-refractivity contribution in [1.82, 2.24) is 15.6 Å². The molecule has 174 valence electrons. The molecule has 9 heteroatoms. The Bertz CT molecular complexity index is 1310. The van der Waals surface area contributed by atoms with Gasteiger partial charge in [0.1, 0.15) is 12.4 Å². The minimum absolute atomic E-state index is 0.123. The number of hydrogen-bond acceptors (Lipinski definition) is 6. The van der Waals surface area contributed by atoms with Gasteiger partial charge < -0.3 is 20.1 Å². The molecule has 0 bridgehead atoms. The van der Waals surface area contributed by atoms with Gasteiger partial charge >= 0.3 is 18.0 Å². The number of carbonyl (C=O) groups excluding carboxylic acids is 3. The summed E-state index contributed by atoms with van der Waals surface area (Å²) in [6.45, 7) is 3.05. The summed E-state index contributed by atoms with van der Waals surface area (Å²) in [5.74, 6) is -1.76. The minimum Gasteiger partial charge on any atom is -0.463 e. The van der Waals surface area contributed by atoms with Gasteiger partial charge in [-0.3, -0.25) is 4.98 Å². The third-order valence-electron chi connectivity index (χ3n) is 5.32. The van der Waals surface area contributed by atoms with E-state index in [9.17, 15) is 18.8 Å². The molecule has 4 rings (SSSR count). The predicted molar refractivity (Wildman–Crippen MR) is 121 cm³/mol. The number of urea groups is 1. The van der Waals surface area contributed by atoms with E-state index in [1.807, 2.05) is 6.07 Å². The lowest BCUT2D eigenvalue weighted by Gasteiger charge is -2.29. The number of esters is 2. The van der Waals surface area contributed by atoms with Crippen molar-refractivity contribution in [2.24, 2.45) is 0 Å². The fourth-order valence-electron chi connectivity index (χ4n) is 3.74. The summed E-state index contributed by atoms with van der Waals surface area (Å²) in [6.07, 6.45) is 0. The molecule has 1 atom stereocenters. The van der Waals surface area contributed by atoms with Crippen molar-refractivity contribution < 1.29 is 28.2 Å². The van der Waals surface area contributed by atoms with Crippen LogP contribution in [-0.4, -0.2) is 36.2 Å². The third-order valence-corrected chi connectivity index (χ3v) is 5.32.